The molecule has 0 radical (unpaired) electrons. The van der Waals surface area contributed by atoms with Crippen molar-refractivity contribution in [2.45, 2.75) is 39.2 Å². The lowest BCUT2D eigenvalue weighted by molar-refractivity contribution is 0.0712. The Labute approximate surface area is 140 Å². The van der Waals surface area contributed by atoms with Gasteiger partial charge in [-0.2, -0.15) is 0 Å². The molecule has 3 rings (SSSR count). The molecule has 2 aromatic rings. The number of aryl methyl sites for hydroxylation is 2. The van der Waals surface area contributed by atoms with E-state index in [0.29, 0.717) is 36.5 Å². The van der Waals surface area contributed by atoms with Crippen LogP contribution in [0.15, 0.2) is 28.8 Å². The summed E-state index contributed by atoms with van der Waals surface area (Å²) in [6.45, 7) is 5.03. The van der Waals surface area contributed by atoms with Gasteiger partial charge in [-0.3, -0.25) is 4.79 Å². The SMILES string of the molecule is CCc1noc(C)c1C(=O)N1CCCC(Nc2cccc(F)c2)C1. The van der Waals surface area contributed by atoms with E-state index in [1.54, 1.807) is 13.0 Å². The van der Waals surface area contributed by atoms with Crippen molar-refractivity contribution >= 4 is 11.6 Å². The standard InChI is InChI=1S/C18H22FN3O2/c1-3-16-17(12(2)24-21-16)18(23)22-9-5-8-15(11-22)20-14-7-4-6-13(19)10-14/h4,6-7,10,15,20H,3,5,8-9,11H2,1-2H3. The number of halogens is 1. The van der Waals surface area contributed by atoms with Crippen LogP contribution in [-0.4, -0.2) is 35.1 Å². The molecule has 1 N–H and O–H groups in total. The summed E-state index contributed by atoms with van der Waals surface area (Å²) >= 11 is 0. The molecule has 24 heavy (non-hydrogen) atoms. The maximum absolute atomic E-state index is 13.3. The molecular weight excluding hydrogens is 309 g/mol. The van der Waals surface area contributed by atoms with Crippen LogP contribution in [0.2, 0.25) is 0 Å². The number of anilines is 1. The van der Waals surface area contributed by atoms with E-state index in [0.717, 1.165) is 18.5 Å². The molecule has 2 heterocycles. The second-order valence-corrected chi connectivity index (χ2v) is 6.16. The number of piperidine rings is 1. The average Bonchev–Trinajstić information content (AvgIpc) is 2.95. The molecule has 6 heteroatoms. The third-order valence-corrected chi connectivity index (χ3v) is 4.39. The normalized spacial score (nSPS) is 17.8. The van der Waals surface area contributed by atoms with Crippen molar-refractivity contribution in [3.05, 3.63) is 47.1 Å². The summed E-state index contributed by atoms with van der Waals surface area (Å²) in [5.41, 5.74) is 2.03. The maximum Gasteiger partial charge on any atom is 0.259 e. The van der Waals surface area contributed by atoms with E-state index in [1.807, 2.05) is 17.9 Å². The van der Waals surface area contributed by atoms with Crippen molar-refractivity contribution < 1.29 is 13.7 Å². The fourth-order valence-corrected chi connectivity index (χ4v) is 3.18. The zero-order valence-electron chi connectivity index (χ0n) is 14.0. The minimum absolute atomic E-state index is 0.0312. The summed E-state index contributed by atoms with van der Waals surface area (Å²) in [7, 11) is 0. The summed E-state index contributed by atoms with van der Waals surface area (Å²) in [6.07, 6.45) is 2.52. The predicted octanol–water partition coefficient (Wildman–Crippen LogP) is 3.40. The minimum atomic E-state index is -0.267. The van der Waals surface area contributed by atoms with Crippen LogP contribution < -0.4 is 5.32 Å². The molecule has 5 nitrogen and oxygen atoms in total. The number of hydrogen-bond acceptors (Lipinski definition) is 4. The van der Waals surface area contributed by atoms with Crippen LogP contribution in [0, 0.1) is 12.7 Å². The zero-order valence-corrected chi connectivity index (χ0v) is 14.0. The molecule has 1 atom stereocenters. The fourth-order valence-electron chi connectivity index (χ4n) is 3.18. The highest BCUT2D eigenvalue weighted by Gasteiger charge is 2.28. The van der Waals surface area contributed by atoms with Crippen molar-refractivity contribution in [2.75, 3.05) is 18.4 Å². The van der Waals surface area contributed by atoms with Crippen molar-refractivity contribution in [1.29, 1.82) is 0 Å². The Kier molecular flexibility index (Phi) is 4.83. The van der Waals surface area contributed by atoms with Gasteiger partial charge in [0.25, 0.3) is 5.91 Å². The molecule has 1 fully saturated rings. The molecule has 0 aliphatic carbocycles. The van der Waals surface area contributed by atoms with Crippen LogP contribution in [0.1, 0.15) is 41.6 Å². The number of aromatic nitrogens is 1. The van der Waals surface area contributed by atoms with Gasteiger partial charge < -0.3 is 14.7 Å². The first-order valence-corrected chi connectivity index (χ1v) is 8.35. The molecule has 1 aromatic carbocycles. The van der Waals surface area contributed by atoms with E-state index < -0.39 is 0 Å². The molecule has 128 valence electrons. The lowest BCUT2D eigenvalue weighted by Crippen LogP contribution is -2.45. The number of carbonyl (C=O) groups is 1. The van der Waals surface area contributed by atoms with E-state index in [2.05, 4.69) is 10.5 Å². The molecule has 1 aliphatic rings. The molecule has 0 bridgehead atoms. The number of benzene rings is 1. The van der Waals surface area contributed by atoms with Gasteiger partial charge in [-0.15, -0.1) is 0 Å². The second kappa shape index (κ2) is 7.03. The lowest BCUT2D eigenvalue weighted by atomic mass is 10.0. The van der Waals surface area contributed by atoms with Crippen molar-refractivity contribution in [1.82, 2.24) is 10.1 Å². The number of carbonyl (C=O) groups excluding carboxylic acids is 1. The van der Waals surface area contributed by atoms with Crippen LogP contribution in [0.25, 0.3) is 0 Å². The third kappa shape index (κ3) is 3.42. The zero-order chi connectivity index (χ0) is 17.1. The smallest absolute Gasteiger partial charge is 0.259 e. The number of nitrogens with zero attached hydrogens (tertiary/aromatic N) is 2. The minimum Gasteiger partial charge on any atom is -0.380 e. The monoisotopic (exact) mass is 331 g/mol. The Morgan fingerprint density at radius 3 is 3.08 bits per heavy atom. The van der Waals surface area contributed by atoms with Crippen LogP contribution >= 0.6 is 0 Å². The van der Waals surface area contributed by atoms with Gasteiger partial charge in [0.15, 0.2) is 0 Å². The van der Waals surface area contributed by atoms with Gasteiger partial charge in [-0.1, -0.05) is 18.1 Å². The maximum atomic E-state index is 13.3. The van der Waals surface area contributed by atoms with Gasteiger partial charge in [0.1, 0.15) is 17.1 Å². The summed E-state index contributed by atoms with van der Waals surface area (Å²) < 4.78 is 18.5. The summed E-state index contributed by atoms with van der Waals surface area (Å²) in [5, 5.41) is 7.29. The fraction of sp³-hybridized carbons (Fsp3) is 0.444. The van der Waals surface area contributed by atoms with E-state index in [-0.39, 0.29) is 17.8 Å². The highest BCUT2D eigenvalue weighted by Crippen LogP contribution is 2.21. The number of amides is 1. The molecule has 1 saturated heterocycles. The topological polar surface area (TPSA) is 58.4 Å². The predicted molar refractivity (Wildman–Crippen MR) is 89.6 cm³/mol. The number of hydrogen-bond donors (Lipinski definition) is 1. The summed E-state index contributed by atoms with van der Waals surface area (Å²) in [6, 6.07) is 6.51. The number of nitrogens with one attached hydrogen (secondary N) is 1. The molecule has 1 amide bonds. The average molecular weight is 331 g/mol. The van der Waals surface area contributed by atoms with Crippen molar-refractivity contribution in [2.24, 2.45) is 0 Å². The van der Waals surface area contributed by atoms with Crippen LogP contribution in [-0.2, 0) is 6.42 Å². The summed E-state index contributed by atoms with van der Waals surface area (Å²) in [5.74, 6) is 0.268. The van der Waals surface area contributed by atoms with Crippen molar-refractivity contribution in [3.63, 3.8) is 0 Å². The Morgan fingerprint density at radius 1 is 1.50 bits per heavy atom. The van der Waals surface area contributed by atoms with Gasteiger partial charge in [-0.05, 0) is 44.4 Å². The van der Waals surface area contributed by atoms with E-state index >= 15 is 0 Å². The first-order valence-electron chi connectivity index (χ1n) is 8.35. The molecule has 1 unspecified atom stereocenters. The van der Waals surface area contributed by atoms with E-state index in [1.165, 1.54) is 12.1 Å². The van der Waals surface area contributed by atoms with Gasteiger partial charge >= 0.3 is 0 Å². The van der Waals surface area contributed by atoms with Crippen LogP contribution in [0.4, 0.5) is 10.1 Å². The Hall–Kier alpha value is -2.37. The first kappa shape index (κ1) is 16.5. The Balaban J connectivity index is 1.71. The van der Waals surface area contributed by atoms with Crippen molar-refractivity contribution in [3.8, 4) is 0 Å². The largest absolute Gasteiger partial charge is 0.380 e. The molecule has 0 spiro atoms. The summed E-state index contributed by atoms with van der Waals surface area (Å²) in [4.78, 5) is 14.7. The highest BCUT2D eigenvalue weighted by atomic mass is 19.1. The molecule has 1 aromatic heterocycles. The molecule has 0 saturated carbocycles. The highest BCUT2D eigenvalue weighted by molar-refractivity contribution is 5.96. The third-order valence-electron chi connectivity index (χ3n) is 4.39. The van der Waals surface area contributed by atoms with Crippen LogP contribution in [0.5, 0.6) is 0 Å². The van der Waals surface area contributed by atoms with Gasteiger partial charge in [-0.25, -0.2) is 4.39 Å². The Bertz CT molecular complexity index is 729. The lowest BCUT2D eigenvalue weighted by Gasteiger charge is -2.33. The first-order chi connectivity index (χ1) is 11.6. The molecule has 1 aliphatic heterocycles. The van der Waals surface area contributed by atoms with Gasteiger partial charge in [0.05, 0.1) is 5.69 Å². The van der Waals surface area contributed by atoms with E-state index in [9.17, 15) is 9.18 Å². The number of likely N-dealkylation sites (tertiary alicyclic amines) is 1. The second-order valence-electron chi connectivity index (χ2n) is 6.16. The van der Waals surface area contributed by atoms with Gasteiger partial charge in [0.2, 0.25) is 0 Å². The van der Waals surface area contributed by atoms with E-state index in [4.69, 9.17) is 4.52 Å². The van der Waals surface area contributed by atoms with Gasteiger partial charge in [0, 0.05) is 24.8 Å². The Morgan fingerprint density at radius 2 is 2.33 bits per heavy atom. The van der Waals surface area contributed by atoms with Crippen LogP contribution in [0.3, 0.4) is 0 Å². The number of rotatable bonds is 4. The molecular formula is C18H22FN3O2. The quantitative estimate of drug-likeness (QED) is 0.933.